The zero-order chi connectivity index (χ0) is 30.9. The molecule has 6 aliphatic rings. The molecule has 2 saturated heterocycles. The highest BCUT2D eigenvalue weighted by Crippen LogP contribution is 2.70. The fourth-order valence-electron chi connectivity index (χ4n) is 11.3. The number of nitrogens with one attached hydrogen (secondary N) is 2. The van der Waals surface area contributed by atoms with Gasteiger partial charge in [0.1, 0.15) is 12.2 Å². The van der Waals surface area contributed by atoms with Gasteiger partial charge >= 0.3 is 0 Å². The van der Waals surface area contributed by atoms with Gasteiger partial charge in [-0.2, -0.15) is 0 Å². The maximum atomic E-state index is 14.3. The number of hydrogen-bond donors (Lipinski definition) is 2. The number of carbonyl (C=O) groups is 3. The normalized spacial score (nSPS) is 46.0. The van der Waals surface area contributed by atoms with Gasteiger partial charge in [-0.1, -0.05) is 33.8 Å². The first kappa shape index (κ1) is 30.3. The van der Waals surface area contributed by atoms with Crippen LogP contribution in [0.15, 0.2) is 24.5 Å². The molecule has 240 valence electrons. The lowest BCUT2D eigenvalue weighted by molar-refractivity contribution is -0.272. The maximum absolute atomic E-state index is 14.3. The van der Waals surface area contributed by atoms with Crippen LogP contribution in [0.3, 0.4) is 0 Å². The van der Waals surface area contributed by atoms with E-state index in [9.17, 15) is 14.4 Å². The monoisotopic (exact) mass is 605 g/mol. The quantitative estimate of drug-likeness (QED) is 0.447. The third-order valence-electron chi connectivity index (χ3n) is 13.7. The fourth-order valence-corrected chi connectivity index (χ4v) is 11.3. The first-order chi connectivity index (χ1) is 21.0. The number of ketones is 1. The molecule has 12 atom stereocenters. The Morgan fingerprint density at radius 3 is 2.64 bits per heavy atom. The number of fused-ring (bicyclic) bond motifs is 7. The summed E-state index contributed by atoms with van der Waals surface area (Å²) in [5.41, 5.74) is 0.688. The van der Waals surface area contributed by atoms with Crippen LogP contribution in [-0.4, -0.2) is 47.1 Å². The molecule has 0 aromatic carbocycles. The lowest BCUT2D eigenvalue weighted by atomic mass is 9.44. The van der Waals surface area contributed by atoms with Gasteiger partial charge in [0.15, 0.2) is 5.79 Å². The van der Waals surface area contributed by atoms with Crippen molar-refractivity contribution in [2.24, 2.45) is 52.3 Å². The minimum Gasteiger partial charge on any atom is -0.353 e. The van der Waals surface area contributed by atoms with E-state index < -0.39 is 5.79 Å². The molecule has 4 aliphatic carbocycles. The molecular formula is C36H51N3O5. The van der Waals surface area contributed by atoms with Crippen LogP contribution < -0.4 is 10.6 Å². The molecule has 0 radical (unpaired) electrons. The summed E-state index contributed by atoms with van der Waals surface area (Å²) in [6.07, 6.45) is 12.3. The van der Waals surface area contributed by atoms with Gasteiger partial charge in [-0.05, 0) is 91.6 Å². The van der Waals surface area contributed by atoms with Crippen molar-refractivity contribution in [1.29, 1.82) is 0 Å². The largest absolute Gasteiger partial charge is 0.353 e. The van der Waals surface area contributed by atoms with Gasteiger partial charge < -0.3 is 20.1 Å². The van der Waals surface area contributed by atoms with Crippen LogP contribution in [0, 0.1) is 52.3 Å². The minimum atomic E-state index is -0.501. The second-order valence-electron chi connectivity index (χ2n) is 15.9. The van der Waals surface area contributed by atoms with E-state index in [1.807, 2.05) is 12.1 Å². The van der Waals surface area contributed by atoms with E-state index in [0.717, 1.165) is 63.5 Å². The first-order valence-corrected chi connectivity index (χ1v) is 17.3. The van der Waals surface area contributed by atoms with Crippen LogP contribution >= 0.6 is 0 Å². The van der Waals surface area contributed by atoms with Crippen LogP contribution in [0.2, 0.25) is 0 Å². The number of pyridine rings is 1. The Morgan fingerprint density at radius 1 is 1.05 bits per heavy atom. The van der Waals surface area contributed by atoms with Crippen molar-refractivity contribution in [1.82, 2.24) is 15.6 Å². The SMILES string of the molecule is C[C@@H]1CC[C@@]2(OC1)O[C@H]1C[C@H]3[C@@H]4CC[C@H]5C[C@H](NC(=O)CC(=O)NCc6cccnc6)CC[C@]5(C)[C@H]4CC(=O)[C@]3(C)[C@H]1[C@@H]2C. The molecule has 2 N–H and O–H groups in total. The highest BCUT2D eigenvalue weighted by molar-refractivity contribution is 5.97. The number of Topliss-reactive ketones (excluding diaryl/α,β-unsaturated/α-hetero) is 1. The third-order valence-corrected chi connectivity index (χ3v) is 13.7. The smallest absolute Gasteiger partial charge is 0.229 e. The van der Waals surface area contributed by atoms with E-state index in [-0.39, 0.29) is 53.0 Å². The summed E-state index contributed by atoms with van der Waals surface area (Å²) < 4.78 is 13.3. The molecule has 0 bridgehead atoms. The van der Waals surface area contributed by atoms with Crippen molar-refractivity contribution in [3.05, 3.63) is 30.1 Å². The van der Waals surface area contributed by atoms with Crippen molar-refractivity contribution in [2.75, 3.05) is 6.61 Å². The van der Waals surface area contributed by atoms with Crippen molar-refractivity contribution < 1.29 is 23.9 Å². The van der Waals surface area contributed by atoms with E-state index in [1.54, 1.807) is 12.4 Å². The maximum Gasteiger partial charge on any atom is 0.229 e. The molecule has 0 unspecified atom stereocenters. The summed E-state index contributed by atoms with van der Waals surface area (Å²) in [6, 6.07) is 3.81. The summed E-state index contributed by atoms with van der Waals surface area (Å²) in [5.74, 6) is 2.34. The molecule has 1 aromatic rings. The van der Waals surface area contributed by atoms with Crippen molar-refractivity contribution >= 4 is 17.6 Å². The van der Waals surface area contributed by atoms with E-state index >= 15 is 0 Å². The van der Waals surface area contributed by atoms with Crippen LogP contribution in [-0.2, 0) is 30.4 Å². The molecule has 4 saturated carbocycles. The Morgan fingerprint density at radius 2 is 1.89 bits per heavy atom. The lowest BCUT2D eigenvalue weighted by Gasteiger charge is -2.60. The van der Waals surface area contributed by atoms with Crippen molar-refractivity contribution in [3.63, 3.8) is 0 Å². The van der Waals surface area contributed by atoms with E-state index in [0.29, 0.717) is 48.3 Å². The zero-order valence-corrected chi connectivity index (χ0v) is 27.0. The standard InChI is InChI=1S/C36H51N3O5/c1-21-9-12-36(43-20-21)22(2)33-29(44-36)15-28-26-8-7-24-14-25(10-11-34(24,3)27(26)16-30(40)35(28,33)4)39-32(42)17-31(41)38-19-23-6-5-13-37-18-23/h5-6,13,18,21-22,24-29,33H,7-12,14-17,19-20H2,1-4H3,(H,38,41)(H,39,42)/t21-,22+,24+,25-,26-,27+,28+,29+,33+,34+,35-,36-/m1/s1. The number of rotatable bonds is 5. The van der Waals surface area contributed by atoms with Gasteiger partial charge in [0.05, 0.1) is 12.7 Å². The van der Waals surface area contributed by atoms with Gasteiger partial charge in [-0.25, -0.2) is 0 Å². The average molecular weight is 606 g/mol. The van der Waals surface area contributed by atoms with Gasteiger partial charge in [-0.15, -0.1) is 0 Å². The third kappa shape index (κ3) is 4.85. The number of ether oxygens (including phenoxy) is 2. The van der Waals surface area contributed by atoms with Crippen LogP contribution in [0.4, 0.5) is 0 Å². The number of hydrogen-bond acceptors (Lipinski definition) is 6. The molecule has 8 nitrogen and oxygen atoms in total. The van der Waals surface area contributed by atoms with Gasteiger partial charge in [0, 0.05) is 55.1 Å². The Bertz CT molecular complexity index is 1280. The average Bonchev–Trinajstić information content (AvgIpc) is 3.45. The van der Waals surface area contributed by atoms with Crippen molar-refractivity contribution in [3.8, 4) is 0 Å². The highest BCUT2D eigenvalue weighted by Gasteiger charge is 2.71. The second-order valence-corrected chi connectivity index (χ2v) is 15.9. The van der Waals surface area contributed by atoms with Gasteiger partial charge in [-0.3, -0.25) is 19.4 Å². The lowest BCUT2D eigenvalue weighted by Crippen LogP contribution is -2.59. The predicted molar refractivity (Wildman–Crippen MR) is 165 cm³/mol. The van der Waals surface area contributed by atoms with E-state index in [4.69, 9.17) is 9.47 Å². The molecule has 3 heterocycles. The minimum absolute atomic E-state index is 0.0855. The Kier molecular flexibility index (Phi) is 7.71. The summed E-state index contributed by atoms with van der Waals surface area (Å²) >= 11 is 0. The van der Waals surface area contributed by atoms with E-state index in [1.165, 1.54) is 0 Å². The summed E-state index contributed by atoms with van der Waals surface area (Å²) in [6.45, 7) is 10.4. The van der Waals surface area contributed by atoms with E-state index in [2.05, 4.69) is 43.3 Å². The summed E-state index contributed by atoms with van der Waals surface area (Å²) in [4.78, 5) is 43.6. The Labute approximate surface area is 262 Å². The second kappa shape index (κ2) is 11.2. The van der Waals surface area contributed by atoms with Crippen molar-refractivity contribution in [2.45, 2.75) is 116 Å². The Hall–Kier alpha value is -2.32. The molecular weight excluding hydrogens is 554 g/mol. The molecule has 8 heteroatoms. The molecule has 44 heavy (non-hydrogen) atoms. The predicted octanol–water partition coefficient (Wildman–Crippen LogP) is 5.20. The molecule has 7 rings (SSSR count). The number of nitrogens with zero attached hydrogens (tertiary/aromatic N) is 1. The zero-order valence-electron chi connectivity index (χ0n) is 27.0. The molecule has 1 aromatic heterocycles. The topological polar surface area (TPSA) is 107 Å². The number of aromatic nitrogens is 1. The van der Waals surface area contributed by atoms with Gasteiger partial charge in [0.25, 0.3) is 0 Å². The molecule has 2 aliphatic heterocycles. The fraction of sp³-hybridized carbons (Fsp3) is 0.778. The summed E-state index contributed by atoms with van der Waals surface area (Å²) in [5, 5.41) is 6.00. The summed E-state index contributed by atoms with van der Waals surface area (Å²) in [7, 11) is 0. The van der Waals surface area contributed by atoms with Crippen LogP contribution in [0.1, 0.15) is 97.5 Å². The molecule has 2 amide bonds. The van der Waals surface area contributed by atoms with Gasteiger partial charge in [0.2, 0.25) is 11.8 Å². The first-order valence-electron chi connectivity index (χ1n) is 17.3. The number of amides is 2. The Balaban J connectivity index is 0.977. The molecule has 1 spiro atoms. The van der Waals surface area contributed by atoms with Crippen LogP contribution in [0.25, 0.3) is 0 Å². The highest BCUT2D eigenvalue weighted by atomic mass is 16.7. The number of carbonyl (C=O) groups excluding carboxylic acids is 3. The van der Waals surface area contributed by atoms with Crippen LogP contribution in [0.5, 0.6) is 0 Å². The molecule has 6 fully saturated rings.